The molecule has 0 amide bonds. The van der Waals surface area contributed by atoms with Crippen LogP contribution in [0.2, 0.25) is 0 Å². The molecule has 2 atom stereocenters. The van der Waals surface area contributed by atoms with Crippen LogP contribution in [0.15, 0.2) is 36.4 Å². The minimum atomic E-state index is -0.247. The van der Waals surface area contributed by atoms with Crippen LogP contribution in [-0.2, 0) is 11.2 Å². The lowest BCUT2D eigenvalue weighted by atomic mass is 9.88. The Bertz CT molecular complexity index is 795. The zero-order valence-electron chi connectivity index (χ0n) is 15.4. The van der Waals surface area contributed by atoms with E-state index in [9.17, 15) is 9.65 Å². The minimum Gasteiger partial charge on any atom is -0.361 e. The van der Waals surface area contributed by atoms with Gasteiger partial charge in [-0.1, -0.05) is 32.0 Å². The van der Waals surface area contributed by atoms with E-state index in [4.69, 9.17) is 4.74 Å². The third kappa shape index (κ3) is 3.65. The van der Waals surface area contributed by atoms with Gasteiger partial charge in [0.2, 0.25) is 0 Å². The molecule has 0 aliphatic carbocycles. The topological polar surface area (TPSA) is 45.0 Å². The molecule has 1 aliphatic rings. The van der Waals surface area contributed by atoms with Crippen molar-refractivity contribution in [3.63, 3.8) is 0 Å². The van der Waals surface area contributed by atoms with E-state index in [0.29, 0.717) is 0 Å². The second kappa shape index (κ2) is 8.44. The summed E-state index contributed by atoms with van der Waals surface area (Å²) in [5, 5.41) is 12.8. The Morgan fingerprint density at radius 3 is 2.58 bits per heavy atom. The van der Waals surface area contributed by atoms with E-state index in [0.717, 1.165) is 60.2 Å². The van der Waals surface area contributed by atoms with Crippen molar-refractivity contribution >= 4 is 0 Å². The molecule has 26 heavy (non-hydrogen) atoms. The number of nitriles is 1. The van der Waals surface area contributed by atoms with E-state index in [1.807, 2.05) is 12.1 Å². The van der Waals surface area contributed by atoms with Crippen LogP contribution in [0.4, 0.5) is 4.39 Å². The van der Waals surface area contributed by atoms with E-state index < -0.39 is 0 Å². The highest BCUT2D eigenvalue weighted by Gasteiger charge is 2.35. The number of hydrogen-bond donors (Lipinski definition) is 1. The van der Waals surface area contributed by atoms with Crippen LogP contribution < -0.4 is 5.32 Å². The van der Waals surface area contributed by atoms with Crippen molar-refractivity contribution in [2.45, 2.75) is 45.3 Å². The number of halogens is 1. The number of hydrogen-bond acceptors (Lipinski definition) is 3. The van der Waals surface area contributed by atoms with Crippen LogP contribution >= 0.6 is 0 Å². The average molecular weight is 352 g/mol. The fourth-order valence-corrected chi connectivity index (χ4v) is 3.78. The maximum absolute atomic E-state index is 13.3. The lowest BCUT2D eigenvalue weighted by Crippen LogP contribution is -2.15. The first-order valence-corrected chi connectivity index (χ1v) is 9.37. The first-order valence-electron chi connectivity index (χ1n) is 9.37. The van der Waals surface area contributed by atoms with Gasteiger partial charge in [-0.3, -0.25) is 0 Å². The Balaban J connectivity index is 1.97. The standard InChI is InChI=1S/C22H25FN2O/c1-3-18-16(14-24)9-12-19-21(18)20(6-5-13-25-4-2)26-22(19)15-7-10-17(23)11-8-15/h7-12,20,22,25H,3-6,13H2,1-2H3. The second-order valence-corrected chi connectivity index (χ2v) is 6.61. The zero-order valence-corrected chi connectivity index (χ0v) is 15.4. The number of nitrogens with one attached hydrogen (secondary N) is 1. The maximum Gasteiger partial charge on any atom is 0.123 e. The summed E-state index contributed by atoms with van der Waals surface area (Å²) in [4.78, 5) is 0. The van der Waals surface area contributed by atoms with Crippen LogP contribution in [0.5, 0.6) is 0 Å². The number of benzene rings is 2. The molecule has 0 saturated heterocycles. The van der Waals surface area contributed by atoms with E-state index in [-0.39, 0.29) is 18.0 Å². The first kappa shape index (κ1) is 18.6. The van der Waals surface area contributed by atoms with Crippen LogP contribution in [0.1, 0.15) is 66.7 Å². The fraction of sp³-hybridized carbons (Fsp3) is 0.409. The quantitative estimate of drug-likeness (QED) is 0.727. The summed E-state index contributed by atoms with van der Waals surface area (Å²) in [5.41, 5.74) is 5.04. The molecule has 0 fully saturated rings. The van der Waals surface area contributed by atoms with Crippen molar-refractivity contribution < 1.29 is 9.13 Å². The molecule has 2 aromatic rings. The van der Waals surface area contributed by atoms with Crippen LogP contribution in [0, 0.1) is 17.1 Å². The van der Waals surface area contributed by atoms with Gasteiger partial charge >= 0.3 is 0 Å². The Kier molecular flexibility index (Phi) is 6.03. The van der Waals surface area contributed by atoms with Gasteiger partial charge in [-0.25, -0.2) is 4.39 Å². The summed E-state index contributed by atoms with van der Waals surface area (Å²) in [6, 6.07) is 12.7. The zero-order chi connectivity index (χ0) is 18.5. The normalized spacial score (nSPS) is 18.5. The molecule has 1 N–H and O–H groups in total. The van der Waals surface area contributed by atoms with Crippen molar-refractivity contribution in [1.82, 2.24) is 5.32 Å². The Hall–Kier alpha value is -2.22. The van der Waals surface area contributed by atoms with Crippen LogP contribution in [0.3, 0.4) is 0 Å². The molecule has 136 valence electrons. The molecule has 2 aromatic carbocycles. The third-order valence-corrected chi connectivity index (χ3v) is 5.01. The highest BCUT2D eigenvalue weighted by molar-refractivity contribution is 5.52. The van der Waals surface area contributed by atoms with Crippen LogP contribution in [0.25, 0.3) is 0 Å². The van der Waals surface area contributed by atoms with Crippen molar-refractivity contribution in [3.05, 3.63) is 70.0 Å². The largest absolute Gasteiger partial charge is 0.361 e. The molecular weight excluding hydrogens is 327 g/mol. The Morgan fingerprint density at radius 2 is 1.92 bits per heavy atom. The maximum atomic E-state index is 13.3. The summed E-state index contributed by atoms with van der Waals surface area (Å²) >= 11 is 0. The predicted molar refractivity (Wildman–Crippen MR) is 100 cm³/mol. The van der Waals surface area contributed by atoms with E-state index in [1.165, 1.54) is 12.1 Å². The lowest BCUT2D eigenvalue weighted by Gasteiger charge is -2.16. The smallest absolute Gasteiger partial charge is 0.123 e. The van der Waals surface area contributed by atoms with Gasteiger partial charge in [-0.15, -0.1) is 0 Å². The van der Waals surface area contributed by atoms with Crippen molar-refractivity contribution in [2.75, 3.05) is 13.1 Å². The minimum absolute atomic E-state index is 0.0260. The van der Waals surface area contributed by atoms with E-state index in [1.54, 1.807) is 12.1 Å². The summed E-state index contributed by atoms with van der Waals surface area (Å²) in [5.74, 6) is -0.247. The second-order valence-electron chi connectivity index (χ2n) is 6.61. The third-order valence-electron chi connectivity index (χ3n) is 5.01. The van der Waals surface area contributed by atoms with E-state index >= 15 is 0 Å². The summed E-state index contributed by atoms with van der Waals surface area (Å²) in [7, 11) is 0. The van der Waals surface area contributed by atoms with Gasteiger partial charge in [0.05, 0.1) is 17.7 Å². The lowest BCUT2D eigenvalue weighted by molar-refractivity contribution is 0.0271. The van der Waals surface area contributed by atoms with Crippen molar-refractivity contribution in [2.24, 2.45) is 0 Å². The van der Waals surface area contributed by atoms with Crippen molar-refractivity contribution in [3.8, 4) is 6.07 Å². The Morgan fingerprint density at radius 1 is 1.15 bits per heavy atom. The molecular formula is C22H25FN2O. The predicted octanol–water partition coefficient (Wildman–Crippen LogP) is 4.81. The van der Waals surface area contributed by atoms with Gasteiger partial charge in [-0.05, 0) is 72.8 Å². The Labute approximate surface area is 154 Å². The SMILES string of the molecule is CCNCCCC1OC(c2ccc(F)cc2)c2ccc(C#N)c(CC)c21. The van der Waals surface area contributed by atoms with Crippen LogP contribution in [-0.4, -0.2) is 13.1 Å². The molecule has 1 aliphatic heterocycles. The molecule has 4 heteroatoms. The number of nitrogens with zero attached hydrogens (tertiary/aromatic N) is 1. The molecule has 2 unspecified atom stereocenters. The summed E-state index contributed by atoms with van der Waals surface area (Å²) in [6.07, 6.45) is 2.48. The molecule has 3 nitrogen and oxygen atoms in total. The molecule has 1 heterocycles. The average Bonchev–Trinajstić information content (AvgIpc) is 3.04. The van der Waals surface area contributed by atoms with Gasteiger partial charge in [0.1, 0.15) is 11.9 Å². The molecule has 0 bridgehead atoms. The first-order chi connectivity index (χ1) is 12.7. The number of fused-ring (bicyclic) bond motifs is 1. The highest BCUT2D eigenvalue weighted by Crippen LogP contribution is 2.46. The monoisotopic (exact) mass is 352 g/mol. The summed E-state index contributed by atoms with van der Waals surface area (Å²) in [6.45, 7) is 6.09. The van der Waals surface area contributed by atoms with Gasteiger partial charge in [-0.2, -0.15) is 5.26 Å². The van der Waals surface area contributed by atoms with Gasteiger partial charge < -0.3 is 10.1 Å². The molecule has 0 radical (unpaired) electrons. The fourth-order valence-electron chi connectivity index (χ4n) is 3.78. The van der Waals surface area contributed by atoms with Gasteiger partial charge in [0, 0.05) is 0 Å². The molecule has 0 saturated carbocycles. The number of ether oxygens (including phenoxy) is 1. The summed E-state index contributed by atoms with van der Waals surface area (Å²) < 4.78 is 19.7. The van der Waals surface area contributed by atoms with Gasteiger partial charge in [0.25, 0.3) is 0 Å². The molecule has 0 spiro atoms. The van der Waals surface area contributed by atoms with Crippen molar-refractivity contribution in [1.29, 1.82) is 5.26 Å². The highest BCUT2D eigenvalue weighted by atomic mass is 19.1. The van der Waals surface area contributed by atoms with Gasteiger partial charge in [0.15, 0.2) is 0 Å². The van der Waals surface area contributed by atoms with E-state index in [2.05, 4.69) is 25.2 Å². The number of rotatable bonds is 7. The molecule has 3 rings (SSSR count). The molecule has 0 aromatic heterocycles.